The van der Waals surface area contributed by atoms with E-state index in [1.807, 2.05) is 24.3 Å². The fraction of sp³-hybridized carbons (Fsp3) is 0. The average Bonchev–Trinajstić information content (AvgIpc) is 2.32. The van der Waals surface area contributed by atoms with Gasteiger partial charge in [-0.3, -0.25) is 5.43 Å². The van der Waals surface area contributed by atoms with Crippen molar-refractivity contribution < 1.29 is 0 Å². The number of hydrogen-bond donors (Lipinski definition) is 1. The summed E-state index contributed by atoms with van der Waals surface area (Å²) >= 11 is 9.00. The zero-order chi connectivity index (χ0) is 12.1. The first-order valence-electron chi connectivity index (χ1n) is 4.78. The van der Waals surface area contributed by atoms with Gasteiger partial charge in [0.25, 0.3) is 0 Å². The fourth-order valence-electron chi connectivity index (χ4n) is 1.14. The van der Waals surface area contributed by atoms with Gasteiger partial charge in [-0.1, -0.05) is 39.7 Å². The van der Waals surface area contributed by atoms with Crippen LogP contribution in [0.15, 0.2) is 46.0 Å². The van der Waals surface area contributed by atoms with E-state index in [9.17, 15) is 0 Å². The molecule has 0 bridgehead atoms. The molecule has 1 N–H and O–H groups in total. The van der Waals surface area contributed by atoms with Gasteiger partial charge in [-0.15, -0.1) is 10.2 Å². The molecular weight excluding hydrogens is 304 g/mol. The highest BCUT2D eigenvalue weighted by Gasteiger charge is 1.93. The summed E-state index contributed by atoms with van der Waals surface area (Å²) in [7, 11) is 0. The largest absolute Gasteiger partial charge is 0.260 e. The lowest BCUT2D eigenvalue weighted by molar-refractivity contribution is 1.02. The van der Waals surface area contributed by atoms with Crippen molar-refractivity contribution in [2.45, 2.75) is 0 Å². The lowest BCUT2D eigenvalue weighted by atomic mass is 10.2. The van der Waals surface area contributed by atoms with Crippen molar-refractivity contribution in [3.8, 4) is 0 Å². The maximum Gasteiger partial charge on any atom is 0.168 e. The minimum absolute atomic E-state index is 0.353. The molecule has 1 heterocycles. The molecule has 1 aromatic heterocycles. The van der Waals surface area contributed by atoms with Gasteiger partial charge in [-0.25, -0.2) is 0 Å². The number of anilines is 1. The quantitative estimate of drug-likeness (QED) is 0.698. The first kappa shape index (κ1) is 12.0. The van der Waals surface area contributed by atoms with Crippen molar-refractivity contribution in [3.05, 3.63) is 51.6 Å². The van der Waals surface area contributed by atoms with Crippen molar-refractivity contribution in [1.29, 1.82) is 0 Å². The molecule has 2 aromatic rings. The van der Waals surface area contributed by atoms with E-state index >= 15 is 0 Å². The van der Waals surface area contributed by atoms with Crippen molar-refractivity contribution >= 4 is 39.6 Å². The number of nitrogens with zero attached hydrogens (tertiary/aromatic N) is 3. The number of nitrogens with one attached hydrogen (secondary N) is 1. The molecule has 17 heavy (non-hydrogen) atoms. The van der Waals surface area contributed by atoms with Crippen molar-refractivity contribution in [3.63, 3.8) is 0 Å². The maximum atomic E-state index is 5.61. The zero-order valence-corrected chi connectivity index (χ0v) is 11.0. The summed E-state index contributed by atoms with van der Waals surface area (Å²) in [5.41, 5.74) is 3.74. The normalized spacial score (nSPS) is 10.7. The Labute approximate surface area is 112 Å². The minimum atomic E-state index is 0.353. The van der Waals surface area contributed by atoms with Gasteiger partial charge in [0, 0.05) is 4.47 Å². The summed E-state index contributed by atoms with van der Waals surface area (Å²) in [6.07, 6.45) is 1.70. The van der Waals surface area contributed by atoms with Crippen LogP contribution in [0.5, 0.6) is 0 Å². The van der Waals surface area contributed by atoms with Crippen molar-refractivity contribution in [1.82, 2.24) is 10.2 Å². The van der Waals surface area contributed by atoms with Crippen LogP contribution in [-0.2, 0) is 0 Å². The van der Waals surface area contributed by atoms with Crippen LogP contribution in [0.2, 0.25) is 5.15 Å². The molecular formula is C11H8BrClN4. The zero-order valence-electron chi connectivity index (χ0n) is 8.64. The van der Waals surface area contributed by atoms with E-state index in [1.165, 1.54) is 0 Å². The van der Waals surface area contributed by atoms with Crippen LogP contribution in [0.3, 0.4) is 0 Å². The van der Waals surface area contributed by atoms with Crippen LogP contribution in [0.1, 0.15) is 5.56 Å². The summed E-state index contributed by atoms with van der Waals surface area (Å²) in [4.78, 5) is 0. The minimum Gasteiger partial charge on any atom is -0.260 e. The summed E-state index contributed by atoms with van der Waals surface area (Å²) < 4.78 is 1.01. The second kappa shape index (κ2) is 5.75. The van der Waals surface area contributed by atoms with Gasteiger partial charge in [0.15, 0.2) is 11.0 Å². The van der Waals surface area contributed by atoms with E-state index in [0.717, 1.165) is 10.0 Å². The van der Waals surface area contributed by atoms with Crippen molar-refractivity contribution in [2.75, 3.05) is 5.43 Å². The molecule has 0 amide bonds. The van der Waals surface area contributed by atoms with E-state index in [2.05, 4.69) is 36.7 Å². The Kier molecular flexibility index (Phi) is 4.06. The molecule has 0 unspecified atom stereocenters. The second-order valence-electron chi connectivity index (χ2n) is 3.17. The molecule has 86 valence electrons. The predicted molar refractivity (Wildman–Crippen MR) is 72.4 cm³/mol. The van der Waals surface area contributed by atoms with E-state index in [-0.39, 0.29) is 0 Å². The van der Waals surface area contributed by atoms with E-state index < -0.39 is 0 Å². The Morgan fingerprint density at radius 3 is 2.82 bits per heavy atom. The predicted octanol–water partition coefficient (Wildman–Crippen LogP) is 3.34. The highest BCUT2D eigenvalue weighted by Crippen LogP contribution is 2.10. The SMILES string of the molecule is Clc1ccc(N/N=C/c2cccc(Br)c2)nn1. The van der Waals surface area contributed by atoms with E-state index in [0.29, 0.717) is 11.0 Å². The molecule has 0 saturated carbocycles. The maximum absolute atomic E-state index is 5.61. The summed E-state index contributed by atoms with van der Waals surface area (Å²) in [6, 6.07) is 11.1. The monoisotopic (exact) mass is 310 g/mol. The summed E-state index contributed by atoms with van der Waals surface area (Å²) in [5, 5.41) is 11.9. The number of benzene rings is 1. The van der Waals surface area contributed by atoms with E-state index in [1.54, 1.807) is 18.3 Å². The molecule has 1 aromatic carbocycles. The highest BCUT2D eigenvalue weighted by atomic mass is 79.9. The Morgan fingerprint density at radius 1 is 1.24 bits per heavy atom. The Morgan fingerprint density at radius 2 is 2.12 bits per heavy atom. The van der Waals surface area contributed by atoms with Crippen LogP contribution < -0.4 is 5.43 Å². The van der Waals surface area contributed by atoms with Crippen LogP contribution in [-0.4, -0.2) is 16.4 Å². The third-order valence-electron chi connectivity index (χ3n) is 1.87. The molecule has 6 heteroatoms. The lowest BCUT2D eigenvalue weighted by Crippen LogP contribution is -1.94. The van der Waals surface area contributed by atoms with Crippen molar-refractivity contribution in [2.24, 2.45) is 5.10 Å². The number of hydrazone groups is 1. The van der Waals surface area contributed by atoms with Gasteiger partial charge < -0.3 is 0 Å². The Bertz CT molecular complexity index is 527. The standard InChI is InChI=1S/C11H8BrClN4/c12-9-3-1-2-8(6-9)7-14-16-11-5-4-10(13)15-17-11/h1-7H,(H,16,17)/b14-7+. The van der Waals surface area contributed by atoms with Gasteiger partial charge in [0.1, 0.15) is 0 Å². The molecule has 0 atom stereocenters. The highest BCUT2D eigenvalue weighted by molar-refractivity contribution is 9.10. The molecule has 0 aliphatic rings. The molecule has 2 rings (SSSR count). The number of halogens is 2. The Hall–Kier alpha value is -1.46. The number of aromatic nitrogens is 2. The van der Waals surface area contributed by atoms with Gasteiger partial charge in [0.2, 0.25) is 0 Å². The molecule has 0 aliphatic carbocycles. The average molecular weight is 312 g/mol. The summed E-state index contributed by atoms with van der Waals surface area (Å²) in [5.74, 6) is 0.542. The first-order valence-corrected chi connectivity index (χ1v) is 5.95. The second-order valence-corrected chi connectivity index (χ2v) is 4.47. The molecule has 0 aliphatic heterocycles. The van der Waals surface area contributed by atoms with E-state index in [4.69, 9.17) is 11.6 Å². The van der Waals surface area contributed by atoms with Gasteiger partial charge in [-0.2, -0.15) is 5.10 Å². The smallest absolute Gasteiger partial charge is 0.168 e. The molecule has 0 radical (unpaired) electrons. The van der Waals surface area contributed by atoms with Crippen LogP contribution in [0, 0.1) is 0 Å². The van der Waals surface area contributed by atoms with Gasteiger partial charge in [0.05, 0.1) is 6.21 Å². The van der Waals surface area contributed by atoms with Gasteiger partial charge in [-0.05, 0) is 29.8 Å². The molecule has 0 saturated heterocycles. The van der Waals surface area contributed by atoms with Gasteiger partial charge >= 0.3 is 0 Å². The van der Waals surface area contributed by atoms with Crippen LogP contribution >= 0.6 is 27.5 Å². The fourth-order valence-corrected chi connectivity index (χ4v) is 1.65. The number of hydrogen-bond acceptors (Lipinski definition) is 4. The Balaban J connectivity index is 2.00. The molecule has 4 nitrogen and oxygen atoms in total. The lowest BCUT2D eigenvalue weighted by Gasteiger charge is -1.97. The third-order valence-corrected chi connectivity index (χ3v) is 2.57. The molecule has 0 fully saturated rings. The third kappa shape index (κ3) is 3.80. The first-order chi connectivity index (χ1) is 8.24. The topological polar surface area (TPSA) is 50.2 Å². The summed E-state index contributed by atoms with van der Waals surface area (Å²) in [6.45, 7) is 0. The molecule has 0 spiro atoms. The van der Waals surface area contributed by atoms with Crippen LogP contribution in [0.4, 0.5) is 5.82 Å². The number of rotatable bonds is 3. The van der Waals surface area contributed by atoms with Crippen LogP contribution in [0.25, 0.3) is 0 Å².